The van der Waals surface area contributed by atoms with Crippen molar-refractivity contribution >= 4 is 5.97 Å². The Balaban J connectivity index is 2.20. The molecule has 1 aliphatic rings. The first-order valence-corrected chi connectivity index (χ1v) is 7.48. The molecule has 2 N–H and O–H groups in total. The summed E-state index contributed by atoms with van der Waals surface area (Å²) in [7, 11) is 0. The van der Waals surface area contributed by atoms with Gasteiger partial charge in [0.05, 0.1) is 6.10 Å². The fraction of sp³-hybridized carbons (Fsp3) is 0.625. The summed E-state index contributed by atoms with van der Waals surface area (Å²) in [6.45, 7) is 7.28. The van der Waals surface area contributed by atoms with E-state index in [1.54, 1.807) is 49.9 Å². The fourth-order valence-corrected chi connectivity index (χ4v) is 2.42. The number of hydrogen-bond acceptors (Lipinski definition) is 5. The molecule has 1 saturated heterocycles. The van der Waals surface area contributed by atoms with Gasteiger partial charge in [0.2, 0.25) is 0 Å². The molecule has 1 fully saturated rings. The number of carbonyl (C=O) groups is 1. The van der Waals surface area contributed by atoms with Gasteiger partial charge >= 0.3 is 5.97 Å². The zero-order valence-corrected chi connectivity index (χ0v) is 13.4. The zero-order chi connectivity index (χ0) is 16.5. The van der Waals surface area contributed by atoms with Crippen LogP contribution in [0.4, 0.5) is 0 Å². The molecule has 6 heteroatoms. The Bertz CT molecular complexity index is 540. The minimum atomic E-state index is -1.04. The van der Waals surface area contributed by atoms with Crippen LogP contribution in [0.15, 0.2) is 24.5 Å². The third kappa shape index (κ3) is 3.63. The van der Waals surface area contributed by atoms with E-state index in [1.807, 2.05) is 6.92 Å². The average Bonchev–Trinajstić information content (AvgIpc) is 2.73. The molecule has 2 rings (SSSR count). The van der Waals surface area contributed by atoms with Gasteiger partial charge in [-0.05, 0) is 33.3 Å². The summed E-state index contributed by atoms with van der Waals surface area (Å²) in [6, 6.07) is 3.32. The maximum absolute atomic E-state index is 12.1. The number of carbonyl (C=O) groups excluding carboxylic acids is 1. The normalized spacial score (nSPS) is 28.6. The monoisotopic (exact) mass is 310 g/mol. The highest BCUT2D eigenvalue weighted by atomic mass is 16.6. The molecular weight excluding hydrogens is 286 g/mol. The maximum Gasteiger partial charge on any atom is 0.344 e. The van der Waals surface area contributed by atoms with E-state index < -0.39 is 36.1 Å². The molecule has 0 unspecified atom stereocenters. The summed E-state index contributed by atoms with van der Waals surface area (Å²) < 4.78 is 12.6. The number of rotatable bonds is 3. The highest BCUT2D eigenvalue weighted by molar-refractivity contribution is 5.88. The van der Waals surface area contributed by atoms with Gasteiger partial charge in [0, 0.05) is 6.07 Å². The Morgan fingerprint density at radius 1 is 1.36 bits per heavy atom. The topological polar surface area (TPSA) is 79.9 Å². The third-order valence-corrected chi connectivity index (χ3v) is 3.49. The van der Waals surface area contributed by atoms with Gasteiger partial charge in [-0.2, -0.15) is 4.57 Å². The second kappa shape index (κ2) is 6.32. The molecular formula is C16H24NO5+. The van der Waals surface area contributed by atoms with Crippen LogP contribution in [0.5, 0.6) is 0 Å². The average molecular weight is 310 g/mol. The van der Waals surface area contributed by atoms with Gasteiger partial charge in [-0.15, -0.1) is 0 Å². The summed E-state index contributed by atoms with van der Waals surface area (Å²) in [4.78, 5) is 12.1. The molecule has 0 aromatic carbocycles. The van der Waals surface area contributed by atoms with E-state index >= 15 is 0 Å². The Hall–Kier alpha value is -1.50. The summed E-state index contributed by atoms with van der Waals surface area (Å²) in [5.74, 6) is -0.443. The maximum atomic E-state index is 12.1. The number of esters is 1. The van der Waals surface area contributed by atoms with E-state index in [2.05, 4.69) is 0 Å². The lowest BCUT2D eigenvalue weighted by Crippen LogP contribution is -2.46. The Kier molecular flexibility index (Phi) is 4.84. The van der Waals surface area contributed by atoms with Crippen LogP contribution in [0.3, 0.4) is 0 Å². The molecule has 1 aliphatic heterocycles. The smallest absolute Gasteiger partial charge is 0.344 e. The highest BCUT2D eigenvalue weighted by Gasteiger charge is 2.47. The van der Waals surface area contributed by atoms with Crippen LogP contribution in [0.25, 0.3) is 0 Å². The van der Waals surface area contributed by atoms with Crippen molar-refractivity contribution in [1.29, 1.82) is 0 Å². The van der Waals surface area contributed by atoms with Gasteiger partial charge < -0.3 is 19.7 Å². The summed E-state index contributed by atoms with van der Waals surface area (Å²) in [5.41, 5.74) is -0.215. The summed E-state index contributed by atoms with van der Waals surface area (Å²) in [5, 5.41) is 20.1. The molecule has 0 bridgehead atoms. The van der Waals surface area contributed by atoms with Gasteiger partial charge in [-0.3, -0.25) is 0 Å². The van der Waals surface area contributed by atoms with E-state index in [-0.39, 0.29) is 0 Å². The van der Waals surface area contributed by atoms with Crippen molar-refractivity contribution in [1.82, 2.24) is 0 Å². The first kappa shape index (κ1) is 16.9. The lowest BCUT2D eigenvalue weighted by Gasteiger charge is -2.19. The summed E-state index contributed by atoms with van der Waals surface area (Å²) in [6.07, 6.45) is 0.733. The second-order valence-electron chi connectivity index (χ2n) is 6.50. The van der Waals surface area contributed by atoms with Crippen molar-refractivity contribution in [3.63, 3.8) is 0 Å². The van der Waals surface area contributed by atoms with Gasteiger partial charge in [0.15, 0.2) is 18.5 Å². The largest absolute Gasteiger partial charge is 0.456 e. The van der Waals surface area contributed by atoms with Crippen LogP contribution in [0.2, 0.25) is 0 Å². The SMILES string of the molecule is CC[C@H]1O[C@@H]([n+]2cccc(C(=O)OC(C)(C)C)c2)[C@H](O)[C@@H]1O. The summed E-state index contributed by atoms with van der Waals surface area (Å²) >= 11 is 0. The molecule has 0 amide bonds. The molecule has 6 nitrogen and oxygen atoms in total. The lowest BCUT2D eigenvalue weighted by atomic mass is 10.1. The van der Waals surface area contributed by atoms with Crippen LogP contribution < -0.4 is 4.57 Å². The van der Waals surface area contributed by atoms with E-state index in [0.29, 0.717) is 12.0 Å². The molecule has 22 heavy (non-hydrogen) atoms. The Morgan fingerprint density at radius 3 is 2.59 bits per heavy atom. The van der Waals surface area contributed by atoms with Crippen molar-refractivity contribution in [2.75, 3.05) is 0 Å². The lowest BCUT2D eigenvalue weighted by molar-refractivity contribution is -0.765. The van der Waals surface area contributed by atoms with E-state index in [0.717, 1.165) is 0 Å². The zero-order valence-electron chi connectivity index (χ0n) is 13.4. The third-order valence-electron chi connectivity index (χ3n) is 3.49. The van der Waals surface area contributed by atoms with Gasteiger partial charge in [0.1, 0.15) is 17.3 Å². The van der Waals surface area contributed by atoms with Crippen LogP contribution >= 0.6 is 0 Å². The van der Waals surface area contributed by atoms with E-state index in [4.69, 9.17) is 9.47 Å². The molecule has 0 spiro atoms. The predicted molar refractivity (Wildman–Crippen MR) is 78.0 cm³/mol. The Labute approximate surface area is 130 Å². The minimum Gasteiger partial charge on any atom is -0.456 e. The van der Waals surface area contributed by atoms with E-state index in [1.165, 1.54) is 0 Å². The van der Waals surface area contributed by atoms with Crippen molar-refractivity contribution in [2.24, 2.45) is 0 Å². The number of aliphatic hydroxyl groups is 2. The quantitative estimate of drug-likeness (QED) is 0.642. The number of pyridine rings is 1. The standard InChI is InChI=1S/C16H24NO5/c1-5-11-12(18)13(19)14(21-11)17-8-6-7-10(9-17)15(20)22-16(2,3)4/h6-9,11-14,18-19H,5H2,1-4H3/q+1/t11-,12-,13-,14-/m1/s1. The Morgan fingerprint density at radius 2 is 2.05 bits per heavy atom. The van der Waals surface area contributed by atoms with Gasteiger partial charge in [0.25, 0.3) is 6.23 Å². The van der Waals surface area contributed by atoms with Gasteiger partial charge in [-0.1, -0.05) is 6.92 Å². The molecule has 1 aromatic rings. The molecule has 0 radical (unpaired) electrons. The van der Waals surface area contributed by atoms with Crippen LogP contribution in [-0.2, 0) is 9.47 Å². The van der Waals surface area contributed by atoms with Crippen LogP contribution in [0.1, 0.15) is 50.7 Å². The number of aliphatic hydroxyl groups excluding tert-OH is 2. The molecule has 4 atom stereocenters. The number of hydrogen-bond donors (Lipinski definition) is 2. The van der Waals surface area contributed by atoms with E-state index in [9.17, 15) is 15.0 Å². The predicted octanol–water partition coefficient (Wildman–Crippen LogP) is 0.959. The second-order valence-corrected chi connectivity index (χ2v) is 6.50. The first-order chi connectivity index (χ1) is 10.2. The molecule has 1 aromatic heterocycles. The number of ether oxygens (including phenoxy) is 2. The molecule has 0 aliphatic carbocycles. The fourth-order valence-electron chi connectivity index (χ4n) is 2.42. The van der Waals surface area contributed by atoms with Crippen LogP contribution in [0, 0.1) is 0 Å². The minimum absolute atomic E-state index is 0.364. The van der Waals surface area contributed by atoms with Crippen molar-refractivity contribution in [3.05, 3.63) is 30.1 Å². The van der Waals surface area contributed by atoms with Crippen molar-refractivity contribution in [2.45, 2.75) is 64.3 Å². The highest BCUT2D eigenvalue weighted by Crippen LogP contribution is 2.27. The molecule has 0 saturated carbocycles. The first-order valence-electron chi connectivity index (χ1n) is 7.48. The number of aromatic nitrogens is 1. The van der Waals surface area contributed by atoms with Gasteiger partial charge in [-0.25, -0.2) is 4.79 Å². The van der Waals surface area contributed by atoms with Crippen LogP contribution in [-0.4, -0.2) is 40.1 Å². The molecule has 122 valence electrons. The molecule has 2 heterocycles. The van der Waals surface area contributed by atoms with Crippen molar-refractivity contribution in [3.8, 4) is 0 Å². The van der Waals surface area contributed by atoms with Crippen molar-refractivity contribution < 1.29 is 29.0 Å². The number of nitrogens with zero attached hydrogens (tertiary/aromatic N) is 1.